The maximum atomic E-state index is 12.2. The van der Waals surface area contributed by atoms with Gasteiger partial charge >= 0.3 is 5.97 Å². The molecule has 0 aromatic heterocycles. The second-order valence-corrected chi connectivity index (χ2v) is 9.08. The highest BCUT2D eigenvalue weighted by atomic mass is 32.2. The average molecular weight is 381 g/mol. The van der Waals surface area contributed by atoms with Crippen LogP contribution in [0.5, 0.6) is 0 Å². The largest absolute Gasteiger partial charge is 0.481 e. The third-order valence-electron chi connectivity index (χ3n) is 5.14. The normalized spacial score (nSPS) is 25.7. The lowest BCUT2D eigenvalue weighted by Gasteiger charge is -2.43. The fraction of sp³-hybridized carbons (Fsp3) is 0.529. The molecule has 2 aliphatic heterocycles. The van der Waals surface area contributed by atoms with Crippen LogP contribution in [-0.2, 0) is 21.2 Å². The van der Waals surface area contributed by atoms with E-state index < -0.39 is 21.7 Å². The smallest absolute Gasteiger partial charge is 0.304 e. The van der Waals surface area contributed by atoms with Crippen molar-refractivity contribution in [2.24, 2.45) is 5.73 Å². The summed E-state index contributed by atoms with van der Waals surface area (Å²) >= 11 is 0. The Morgan fingerprint density at radius 3 is 2.23 bits per heavy atom. The standard InChI is InChI=1S/C17H23N3O5S/c18-17(23)13-3-1-12(2-4-13)9-20-8-7-19(6-5-16(21)22)14-10-26(24,25)11-15(14)20/h1-4,14-15H,5-11H2,(H2,18,23)(H,21,22)/t14-,15+/m1/s1. The summed E-state index contributed by atoms with van der Waals surface area (Å²) in [5, 5.41) is 8.91. The van der Waals surface area contributed by atoms with Crippen LogP contribution < -0.4 is 5.73 Å². The minimum absolute atomic E-state index is 0.0118. The van der Waals surface area contributed by atoms with Crippen molar-refractivity contribution in [3.63, 3.8) is 0 Å². The molecule has 2 atom stereocenters. The highest BCUT2D eigenvalue weighted by Gasteiger charge is 2.46. The maximum Gasteiger partial charge on any atom is 0.304 e. The molecular weight excluding hydrogens is 358 g/mol. The first-order valence-electron chi connectivity index (χ1n) is 8.54. The molecule has 26 heavy (non-hydrogen) atoms. The highest BCUT2D eigenvalue weighted by molar-refractivity contribution is 7.91. The zero-order chi connectivity index (χ0) is 18.9. The fourth-order valence-electron chi connectivity index (χ4n) is 3.82. The quantitative estimate of drug-likeness (QED) is 0.684. The minimum atomic E-state index is -3.14. The van der Waals surface area contributed by atoms with Crippen molar-refractivity contribution in [3.8, 4) is 0 Å². The van der Waals surface area contributed by atoms with E-state index in [9.17, 15) is 18.0 Å². The summed E-state index contributed by atoms with van der Waals surface area (Å²) in [7, 11) is -3.14. The number of nitrogens with zero attached hydrogens (tertiary/aromatic N) is 2. The molecule has 142 valence electrons. The number of hydrogen-bond acceptors (Lipinski definition) is 6. The number of carbonyl (C=O) groups is 2. The molecule has 3 N–H and O–H groups in total. The Morgan fingerprint density at radius 2 is 1.65 bits per heavy atom. The first-order chi connectivity index (χ1) is 12.2. The van der Waals surface area contributed by atoms with Crippen LogP contribution in [0.2, 0.25) is 0 Å². The predicted octanol–water partition coefficient (Wildman–Crippen LogP) is -0.457. The SMILES string of the molecule is NC(=O)c1ccc(CN2CCN(CCC(=O)O)[C@@H]3CS(=O)(=O)C[C@@H]32)cc1. The van der Waals surface area contributed by atoms with Crippen LogP contribution in [0, 0.1) is 0 Å². The van der Waals surface area contributed by atoms with Gasteiger partial charge in [0.25, 0.3) is 0 Å². The van der Waals surface area contributed by atoms with Gasteiger partial charge in [0.15, 0.2) is 9.84 Å². The number of carboxylic acids is 1. The Labute approximate surface area is 152 Å². The van der Waals surface area contributed by atoms with Crippen LogP contribution in [0.3, 0.4) is 0 Å². The van der Waals surface area contributed by atoms with Gasteiger partial charge in [0.1, 0.15) is 0 Å². The lowest BCUT2D eigenvalue weighted by Crippen LogP contribution is -2.58. The molecule has 1 amide bonds. The van der Waals surface area contributed by atoms with Gasteiger partial charge in [-0.05, 0) is 17.7 Å². The fourth-order valence-corrected chi connectivity index (χ4v) is 5.86. The number of nitrogens with two attached hydrogens (primary N) is 1. The van der Waals surface area contributed by atoms with Crippen molar-refractivity contribution in [2.75, 3.05) is 31.1 Å². The van der Waals surface area contributed by atoms with Gasteiger partial charge in [0.05, 0.1) is 17.9 Å². The summed E-state index contributed by atoms with van der Waals surface area (Å²) in [6, 6.07) is 6.69. The Morgan fingerprint density at radius 1 is 1.08 bits per heavy atom. The first-order valence-corrected chi connectivity index (χ1v) is 10.4. The molecule has 0 spiro atoms. The third kappa shape index (κ3) is 4.22. The molecule has 1 aromatic carbocycles. The molecule has 1 aromatic rings. The van der Waals surface area contributed by atoms with Crippen LogP contribution in [0.25, 0.3) is 0 Å². The lowest BCUT2D eigenvalue weighted by atomic mass is 10.0. The minimum Gasteiger partial charge on any atom is -0.481 e. The van der Waals surface area contributed by atoms with Gasteiger partial charge in [-0.3, -0.25) is 19.4 Å². The van der Waals surface area contributed by atoms with Crippen molar-refractivity contribution in [1.82, 2.24) is 9.80 Å². The number of carbonyl (C=O) groups excluding carboxylic acids is 1. The van der Waals surface area contributed by atoms with E-state index in [-0.39, 0.29) is 30.0 Å². The van der Waals surface area contributed by atoms with Crippen molar-refractivity contribution in [1.29, 1.82) is 0 Å². The van der Waals surface area contributed by atoms with Crippen molar-refractivity contribution in [3.05, 3.63) is 35.4 Å². The van der Waals surface area contributed by atoms with E-state index in [0.717, 1.165) is 5.56 Å². The first kappa shape index (κ1) is 18.8. The molecule has 0 saturated carbocycles. The van der Waals surface area contributed by atoms with Gasteiger partial charge < -0.3 is 10.8 Å². The number of primary amides is 1. The number of piperazine rings is 1. The van der Waals surface area contributed by atoms with Crippen LogP contribution in [0.4, 0.5) is 0 Å². The second kappa shape index (κ2) is 7.34. The number of fused-ring (bicyclic) bond motifs is 1. The predicted molar refractivity (Wildman–Crippen MR) is 95.4 cm³/mol. The topological polar surface area (TPSA) is 121 Å². The molecule has 9 heteroatoms. The van der Waals surface area contributed by atoms with E-state index in [1.54, 1.807) is 12.1 Å². The second-order valence-electron chi connectivity index (χ2n) is 6.92. The summed E-state index contributed by atoms with van der Waals surface area (Å²) < 4.78 is 24.4. The van der Waals surface area contributed by atoms with Crippen LogP contribution >= 0.6 is 0 Å². The van der Waals surface area contributed by atoms with E-state index in [1.165, 1.54) is 0 Å². The molecule has 2 heterocycles. The van der Waals surface area contributed by atoms with Crippen molar-refractivity contribution >= 4 is 21.7 Å². The zero-order valence-corrected chi connectivity index (χ0v) is 15.2. The van der Waals surface area contributed by atoms with Gasteiger partial charge in [-0.2, -0.15) is 0 Å². The van der Waals surface area contributed by atoms with E-state index in [4.69, 9.17) is 10.8 Å². The van der Waals surface area contributed by atoms with Gasteiger partial charge in [-0.25, -0.2) is 8.42 Å². The average Bonchev–Trinajstić information content (AvgIpc) is 2.90. The summed E-state index contributed by atoms with van der Waals surface area (Å²) in [4.78, 5) is 26.2. The summed E-state index contributed by atoms with van der Waals surface area (Å²) in [6.07, 6.45) is 0.0118. The molecule has 2 saturated heterocycles. The van der Waals surface area contributed by atoms with Crippen molar-refractivity contribution in [2.45, 2.75) is 25.0 Å². The number of rotatable bonds is 6. The number of carboxylic acid groups (broad SMARTS) is 1. The van der Waals surface area contributed by atoms with E-state index in [2.05, 4.69) is 4.90 Å². The molecule has 3 rings (SSSR count). The lowest BCUT2D eigenvalue weighted by molar-refractivity contribution is -0.137. The number of aliphatic carboxylic acids is 1. The molecule has 0 bridgehead atoms. The number of sulfone groups is 1. The van der Waals surface area contributed by atoms with Crippen LogP contribution in [0.1, 0.15) is 22.3 Å². The number of hydrogen-bond donors (Lipinski definition) is 2. The summed E-state index contributed by atoms with van der Waals surface area (Å²) in [6.45, 7) is 2.27. The van der Waals surface area contributed by atoms with Crippen LogP contribution in [0.15, 0.2) is 24.3 Å². The van der Waals surface area contributed by atoms with Gasteiger partial charge in [0, 0.05) is 43.8 Å². The Bertz CT molecular complexity index is 793. The Hall–Kier alpha value is -1.97. The highest BCUT2D eigenvalue weighted by Crippen LogP contribution is 2.28. The van der Waals surface area contributed by atoms with Crippen LogP contribution in [-0.4, -0.2) is 78.4 Å². The molecule has 0 unspecified atom stereocenters. The molecule has 2 aliphatic rings. The monoisotopic (exact) mass is 381 g/mol. The number of benzene rings is 1. The molecule has 2 fully saturated rings. The van der Waals surface area contributed by atoms with Gasteiger partial charge in [-0.1, -0.05) is 12.1 Å². The summed E-state index contributed by atoms with van der Waals surface area (Å²) in [5.41, 5.74) is 6.67. The van der Waals surface area contributed by atoms with E-state index >= 15 is 0 Å². The zero-order valence-electron chi connectivity index (χ0n) is 14.4. The van der Waals surface area contributed by atoms with Gasteiger partial charge in [-0.15, -0.1) is 0 Å². The maximum absolute atomic E-state index is 12.2. The van der Waals surface area contributed by atoms with Gasteiger partial charge in [0.2, 0.25) is 5.91 Å². The molecule has 0 aliphatic carbocycles. The Balaban J connectivity index is 1.73. The third-order valence-corrected chi connectivity index (χ3v) is 6.84. The molecule has 0 radical (unpaired) electrons. The van der Waals surface area contributed by atoms with E-state index in [0.29, 0.717) is 31.7 Å². The van der Waals surface area contributed by atoms with E-state index in [1.807, 2.05) is 17.0 Å². The summed E-state index contributed by atoms with van der Waals surface area (Å²) in [5.74, 6) is -1.18. The molecular formula is C17H23N3O5S. The Kier molecular flexibility index (Phi) is 5.31. The number of amides is 1. The molecule has 8 nitrogen and oxygen atoms in total. The van der Waals surface area contributed by atoms with Crippen molar-refractivity contribution < 1.29 is 23.1 Å².